The summed E-state index contributed by atoms with van der Waals surface area (Å²) in [6.45, 7) is 0. The standard InChI is InChI=1S/C16H12ClN3O4S/c17-9-5-6-10(12(7-9)20(23)24)18-15(21)8-14-16(22)19-11-3-1-2-4-13(11)25-14/h1-7,14H,8H2,(H,18,21)(H,19,22)/t14-/m0/s1. The average molecular weight is 378 g/mol. The highest BCUT2D eigenvalue weighted by Gasteiger charge is 2.29. The molecule has 1 heterocycles. The molecule has 1 atom stereocenters. The number of thioether (sulfide) groups is 1. The fourth-order valence-corrected chi connectivity index (χ4v) is 3.63. The van der Waals surface area contributed by atoms with Crippen molar-refractivity contribution in [2.75, 3.05) is 10.6 Å². The number of carbonyl (C=O) groups excluding carboxylic acids is 2. The number of nitrogens with one attached hydrogen (secondary N) is 2. The Balaban J connectivity index is 1.72. The highest BCUT2D eigenvalue weighted by Crippen LogP contribution is 2.37. The topological polar surface area (TPSA) is 101 Å². The van der Waals surface area contributed by atoms with Gasteiger partial charge in [0.25, 0.3) is 5.69 Å². The van der Waals surface area contributed by atoms with Gasteiger partial charge in [0.05, 0.1) is 15.9 Å². The molecular formula is C16H12ClN3O4S. The van der Waals surface area contributed by atoms with E-state index in [0.717, 1.165) is 11.0 Å². The molecule has 0 saturated carbocycles. The van der Waals surface area contributed by atoms with Crippen molar-refractivity contribution in [3.8, 4) is 0 Å². The Kier molecular flexibility index (Phi) is 4.91. The molecule has 1 aliphatic rings. The Hall–Kier alpha value is -2.58. The van der Waals surface area contributed by atoms with Gasteiger partial charge >= 0.3 is 0 Å². The third-order valence-corrected chi connectivity index (χ3v) is 5.02. The van der Waals surface area contributed by atoms with E-state index in [1.54, 1.807) is 6.07 Å². The van der Waals surface area contributed by atoms with E-state index < -0.39 is 16.1 Å². The van der Waals surface area contributed by atoms with Gasteiger partial charge in [-0.15, -0.1) is 11.8 Å². The molecular weight excluding hydrogens is 366 g/mol. The summed E-state index contributed by atoms with van der Waals surface area (Å²) in [4.78, 5) is 35.7. The Morgan fingerprint density at radius 3 is 2.84 bits per heavy atom. The van der Waals surface area contributed by atoms with Crippen LogP contribution in [0.1, 0.15) is 6.42 Å². The predicted molar refractivity (Wildman–Crippen MR) is 96.1 cm³/mol. The van der Waals surface area contributed by atoms with Gasteiger partial charge in [-0.05, 0) is 24.3 Å². The molecule has 0 fully saturated rings. The van der Waals surface area contributed by atoms with Crippen LogP contribution in [0.2, 0.25) is 5.02 Å². The number of nitrogens with zero attached hydrogens (tertiary/aromatic N) is 1. The number of benzene rings is 2. The number of para-hydroxylation sites is 1. The highest BCUT2D eigenvalue weighted by molar-refractivity contribution is 8.01. The summed E-state index contributed by atoms with van der Waals surface area (Å²) < 4.78 is 0. The molecule has 128 valence electrons. The van der Waals surface area contributed by atoms with Gasteiger partial charge in [-0.1, -0.05) is 23.7 Å². The maximum Gasteiger partial charge on any atom is 0.294 e. The van der Waals surface area contributed by atoms with Crippen molar-refractivity contribution in [3.05, 3.63) is 57.6 Å². The SMILES string of the molecule is O=C(C[C@@H]1Sc2ccccc2NC1=O)Nc1ccc(Cl)cc1[N+](=O)[O-]. The summed E-state index contributed by atoms with van der Waals surface area (Å²) in [6.07, 6.45) is -0.107. The van der Waals surface area contributed by atoms with Crippen LogP contribution in [0.15, 0.2) is 47.4 Å². The number of hydrogen-bond donors (Lipinski definition) is 2. The lowest BCUT2D eigenvalue weighted by Crippen LogP contribution is -2.32. The van der Waals surface area contributed by atoms with Gasteiger partial charge < -0.3 is 10.6 Å². The van der Waals surface area contributed by atoms with Crippen LogP contribution in [0.4, 0.5) is 17.1 Å². The van der Waals surface area contributed by atoms with Crippen LogP contribution in [-0.2, 0) is 9.59 Å². The molecule has 0 spiro atoms. The quantitative estimate of drug-likeness (QED) is 0.625. The molecule has 0 unspecified atom stereocenters. The molecule has 2 N–H and O–H groups in total. The van der Waals surface area contributed by atoms with Gasteiger partial charge in [-0.2, -0.15) is 0 Å². The van der Waals surface area contributed by atoms with Gasteiger partial charge in [-0.25, -0.2) is 0 Å². The van der Waals surface area contributed by atoms with E-state index in [9.17, 15) is 19.7 Å². The molecule has 3 rings (SSSR count). The molecule has 9 heteroatoms. The van der Waals surface area contributed by atoms with Crippen LogP contribution in [0.5, 0.6) is 0 Å². The van der Waals surface area contributed by atoms with Gasteiger partial charge in [0.15, 0.2) is 0 Å². The van der Waals surface area contributed by atoms with Crippen molar-refractivity contribution in [3.63, 3.8) is 0 Å². The van der Waals surface area contributed by atoms with E-state index in [4.69, 9.17) is 11.6 Å². The number of hydrogen-bond acceptors (Lipinski definition) is 5. The Morgan fingerprint density at radius 1 is 1.32 bits per heavy atom. The molecule has 25 heavy (non-hydrogen) atoms. The molecule has 0 radical (unpaired) electrons. The zero-order valence-electron chi connectivity index (χ0n) is 12.7. The minimum absolute atomic E-state index is 0.0426. The van der Waals surface area contributed by atoms with Crippen LogP contribution >= 0.6 is 23.4 Å². The molecule has 0 bridgehead atoms. The molecule has 0 aliphatic carbocycles. The Morgan fingerprint density at radius 2 is 2.08 bits per heavy atom. The first kappa shape index (κ1) is 17.2. The Bertz CT molecular complexity index is 874. The van der Waals surface area contributed by atoms with Gasteiger partial charge in [0, 0.05) is 22.4 Å². The molecule has 1 aliphatic heterocycles. The van der Waals surface area contributed by atoms with Crippen molar-refractivity contribution in [2.24, 2.45) is 0 Å². The minimum Gasteiger partial charge on any atom is -0.324 e. The lowest BCUT2D eigenvalue weighted by Gasteiger charge is -2.23. The zero-order chi connectivity index (χ0) is 18.0. The maximum absolute atomic E-state index is 12.2. The van der Waals surface area contributed by atoms with E-state index in [1.165, 1.54) is 23.9 Å². The van der Waals surface area contributed by atoms with Crippen LogP contribution in [0.3, 0.4) is 0 Å². The predicted octanol–water partition coefficient (Wildman–Crippen LogP) is 3.69. The minimum atomic E-state index is -0.625. The molecule has 2 aromatic carbocycles. The summed E-state index contributed by atoms with van der Waals surface area (Å²) in [6, 6.07) is 11.3. The lowest BCUT2D eigenvalue weighted by atomic mass is 10.2. The van der Waals surface area contributed by atoms with Crippen LogP contribution < -0.4 is 10.6 Å². The third kappa shape index (κ3) is 3.92. The largest absolute Gasteiger partial charge is 0.324 e. The number of carbonyl (C=O) groups is 2. The van der Waals surface area contributed by atoms with Crippen LogP contribution in [-0.4, -0.2) is 22.0 Å². The fourth-order valence-electron chi connectivity index (χ4n) is 2.36. The number of halogens is 1. The van der Waals surface area contributed by atoms with E-state index >= 15 is 0 Å². The molecule has 0 aromatic heterocycles. The molecule has 7 nitrogen and oxygen atoms in total. The van der Waals surface area contributed by atoms with E-state index in [2.05, 4.69) is 10.6 Å². The summed E-state index contributed by atoms with van der Waals surface area (Å²) >= 11 is 7.04. The zero-order valence-corrected chi connectivity index (χ0v) is 14.3. The second-order valence-corrected chi connectivity index (χ2v) is 6.94. The molecule has 2 amide bonds. The van der Waals surface area contributed by atoms with Gasteiger partial charge in [0.1, 0.15) is 5.69 Å². The third-order valence-electron chi connectivity index (χ3n) is 3.51. The van der Waals surface area contributed by atoms with Crippen molar-refractivity contribution < 1.29 is 14.5 Å². The molecule has 2 aromatic rings. The summed E-state index contributed by atoms with van der Waals surface area (Å²) in [7, 11) is 0. The fraction of sp³-hybridized carbons (Fsp3) is 0.125. The Labute approximate surface area is 151 Å². The lowest BCUT2D eigenvalue weighted by molar-refractivity contribution is -0.383. The molecule has 0 saturated heterocycles. The van der Waals surface area contributed by atoms with Crippen LogP contribution in [0, 0.1) is 10.1 Å². The van der Waals surface area contributed by atoms with Crippen molar-refractivity contribution in [1.29, 1.82) is 0 Å². The average Bonchev–Trinajstić information content (AvgIpc) is 2.57. The van der Waals surface area contributed by atoms with E-state index in [0.29, 0.717) is 5.69 Å². The number of fused-ring (bicyclic) bond motifs is 1. The van der Waals surface area contributed by atoms with Gasteiger partial charge in [0.2, 0.25) is 11.8 Å². The van der Waals surface area contributed by atoms with Crippen molar-refractivity contribution in [2.45, 2.75) is 16.6 Å². The number of nitro groups is 1. The number of nitro benzene ring substituents is 1. The normalized spacial score (nSPS) is 15.9. The number of amides is 2. The maximum atomic E-state index is 12.2. The first-order valence-electron chi connectivity index (χ1n) is 7.24. The first-order valence-corrected chi connectivity index (χ1v) is 8.50. The van der Waals surface area contributed by atoms with Crippen molar-refractivity contribution in [1.82, 2.24) is 0 Å². The smallest absolute Gasteiger partial charge is 0.294 e. The second kappa shape index (κ2) is 7.12. The first-order chi connectivity index (χ1) is 11.9. The van der Waals surface area contributed by atoms with E-state index in [-0.39, 0.29) is 28.7 Å². The van der Waals surface area contributed by atoms with Crippen LogP contribution in [0.25, 0.3) is 0 Å². The highest BCUT2D eigenvalue weighted by atomic mass is 35.5. The van der Waals surface area contributed by atoms with Gasteiger partial charge in [-0.3, -0.25) is 19.7 Å². The monoisotopic (exact) mass is 377 g/mol. The number of anilines is 2. The van der Waals surface area contributed by atoms with E-state index in [1.807, 2.05) is 18.2 Å². The number of rotatable bonds is 4. The summed E-state index contributed by atoms with van der Waals surface area (Å²) in [5.74, 6) is -0.762. The summed E-state index contributed by atoms with van der Waals surface area (Å²) in [5, 5.41) is 15.9. The van der Waals surface area contributed by atoms with Crippen molar-refractivity contribution >= 4 is 52.2 Å². The summed E-state index contributed by atoms with van der Waals surface area (Å²) in [5.41, 5.74) is 0.454. The second-order valence-electron chi connectivity index (χ2n) is 5.26.